The normalized spacial score (nSPS) is 15.7. The Kier molecular flexibility index (Phi) is 4.34. The Morgan fingerprint density at radius 2 is 2.00 bits per heavy atom. The summed E-state index contributed by atoms with van der Waals surface area (Å²) in [6.45, 7) is 6.43. The number of pyridine rings is 1. The van der Waals surface area contributed by atoms with Crippen LogP contribution in [-0.4, -0.2) is 36.9 Å². The second-order valence-electron chi connectivity index (χ2n) is 7.47. The van der Waals surface area contributed by atoms with E-state index < -0.39 is 0 Å². The Bertz CT molecular complexity index is 971. The first kappa shape index (κ1) is 16.9. The van der Waals surface area contributed by atoms with E-state index in [4.69, 9.17) is 0 Å². The molecule has 1 amide bonds. The summed E-state index contributed by atoms with van der Waals surface area (Å²) in [5.41, 5.74) is 5.19. The van der Waals surface area contributed by atoms with Gasteiger partial charge in [-0.1, -0.05) is 31.4 Å². The molecule has 6 nitrogen and oxygen atoms in total. The van der Waals surface area contributed by atoms with Gasteiger partial charge in [-0.2, -0.15) is 4.52 Å². The number of amides is 1. The average molecular weight is 351 g/mol. The first-order chi connectivity index (χ1) is 12.6. The smallest absolute Gasteiger partial charge is 0.219 e. The van der Waals surface area contributed by atoms with E-state index in [1.807, 2.05) is 9.42 Å². The van der Waals surface area contributed by atoms with Crippen LogP contribution >= 0.6 is 0 Å². The highest BCUT2D eigenvalue weighted by molar-refractivity contribution is 5.86. The van der Waals surface area contributed by atoms with Gasteiger partial charge in [-0.25, -0.2) is 0 Å². The molecule has 26 heavy (non-hydrogen) atoms. The van der Waals surface area contributed by atoms with Crippen molar-refractivity contribution < 1.29 is 4.79 Å². The fourth-order valence-electron chi connectivity index (χ4n) is 4.20. The van der Waals surface area contributed by atoms with Crippen LogP contribution in [0.4, 0.5) is 0 Å². The molecule has 0 spiro atoms. The van der Waals surface area contributed by atoms with E-state index >= 15 is 0 Å². The molecule has 1 saturated carbocycles. The number of aryl methyl sites for hydroxylation is 2. The van der Waals surface area contributed by atoms with Crippen LogP contribution in [0.25, 0.3) is 16.6 Å². The van der Waals surface area contributed by atoms with Crippen molar-refractivity contribution in [2.24, 2.45) is 0 Å². The van der Waals surface area contributed by atoms with Gasteiger partial charge in [0.1, 0.15) is 0 Å². The number of rotatable bonds is 3. The minimum absolute atomic E-state index is 0.128. The van der Waals surface area contributed by atoms with Crippen LogP contribution in [0.1, 0.15) is 55.7 Å². The van der Waals surface area contributed by atoms with Crippen molar-refractivity contribution in [3.8, 4) is 0 Å². The highest BCUT2D eigenvalue weighted by atomic mass is 16.2. The molecule has 2 aromatic heterocycles. The fraction of sp³-hybridized carbons (Fsp3) is 0.500. The van der Waals surface area contributed by atoms with Crippen LogP contribution in [0.2, 0.25) is 0 Å². The van der Waals surface area contributed by atoms with Gasteiger partial charge in [0.05, 0.1) is 5.52 Å². The number of carbonyl (C=O) groups excluding carboxylic acids is 1. The molecule has 0 bridgehead atoms. The van der Waals surface area contributed by atoms with Crippen LogP contribution < -0.4 is 0 Å². The number of nitrogens with zero attached hydrogens (tertiary/aromatic N) is 5. The number of fused-ring (bicyclic) bond motifs is 3. The van der Waals surface area contributed by atoms with Gasteiger partial charge < -0.3 is 4.90 Å². The minimum Gasteiger partial charge on any atom is -0.335 e. The molecule has 136 valence electrons. The van der Waals surface area contributed by atoms with E-state index in [1.165, 1.54) is 30.4 Å². The molecule has 4 rings (SSSR count). The van der Waals surface area contributed by atoms with Gasteiger partial charge in [0.15, 0.2) is 5.65 Å². The molecule has 1 aromatic carbocycles. The standard InChI is InChI=1S/C20H25N5O/c1-13-9-10-16-11-17(20-21-22-23-25(20)19(16)14(13)2)12-24(15(3)26)18-7-5-4-6-8-18/h9-11,18H,4-8,12H2,1-3H3. The zero-order valence-electron chi connectivity index (χ0n) is 15.7. The number of aromatic nitrogens is 4. The van der Waals surface area contributed by atoms with Crippen LogP contribution in [0, 0.1) is 13.8 Å². The van der Waals surface area contributed by atoms with Crippen molar-refractivity contribution in [3.63, 3.8) is 0 Å². The first-order valence-electron chi connectivity index (χ1n) is 9.43. The maximum absolute atomic E-state index is 12.4. The second kappa shape index (κ2) is 6.67. The molecule has 6 heteroatoms. The molecular weight excluding hydrogens is 326 g/mol. The Morgan fingerprint density at radius 3 is 2.73 bits per heavy atom. The summed E-state index contributed by atoms with van der Waals surface area (Å²) < 4.78 is 1.83. The monoisotopic (exact) mass is 351 g/mol. The van der Waals surface area contributed by atoms with E-state index in [2.05, 4.69) is 47.6 Å². The van der Waals surface area contributed by atoms with E-state index in [0.29, 0.717) is 12.6 Å². The maximum atomic E-state index is 12.4. The van der Waals surface area contributed by atoms with Crippen LogP contribution in [-0.2, 0) is 11.3 Å². The number of benzene rings is 1. The molecule has 0 unspecified atom stereocenters. The Balaban J connectivity index is 1.81. The molecule has 0 radical (unpaired) electrons. The zero-order chi connectivity index (χ0) is 18.3. The van der Waals surface area contributed by atoms with Crippen molar-refractivity contribution in [3.05, 3.63) is 34.9 Å². The fourth-order valence-corrected chi connectivity index (χ4v) is 4.20. The van der Waals surface area contributed by atoms with Crippen molar-refractivity contribution in [2.75, 3.05) is 0 Å². The van der Waals surface area contributed by atoms with Gasteiger partial charge in [0.25, 0.3) is 0 Å². The molecule has 0 saturated heterocycles. The third-order valence-corrected chi connectivity index (χ3v) is 5.79. The van der Waals surface area contributed by atoms with Gasteiger partial charge in [-0.05, 0) is 54.3 Å². The lowest BCUT2D eigenvalue weighted by Crippen LogP contribution is -2.39. The maximum Gasteiger partial charge on any atom is 0.219 e. The lowest BCUT2D eigenvalue weighted by Gasteiger charge is -2.33. The van der Waals surface area contributed by atoms with Crippen LogP contribution in [0.5, 0.6) is 0 Å². The van der Waals surface area contributed by atoms with E-state index in [-0.39, 0.29) is 5.91 Å². The summed E-state index contributed by atoms with van der Waals surface area (Å²) >= 11 is 0. The van der Waals surface area contributed by atoms with Crippen molar-refractivity contribution in [2.45, 2.75) is 65.5 Å². The SMILES string of the molecule is CC(=O)N(Cc1cc2ccc(C)c(C)c2n2nnnc12)C1CCCCC1. The minimum atomic E-state index is 0.128. The largest absolute Gasteiger partial charge is 0.335 e. The molecule has 0 N–H and O–H groups in total. The topological polar surface area (TPSA) is 63.4 Å². The van der Waals surface area contributed by atoms with Gasteiger partial charge in [-0.15, -0.1) is 5.10 Å². The highest BCUT2D eigenvalue weighted by Crippen LogP contribution is 2.28. The zero-order valence-corrected chi connectivity index (χ0v) is 15.7. The summed E-state index contributed by atoms with van der Waals surface area (Å²) in [6.07, 6.45) is 5.85. The number of carbonyl (C=O) groups is 1. The number of tetrazole rings is 1. The summed E-state index contributed by atoms with van der Waals surface area (Å²) in [4.78, 5) is 14.4. The number of hydrogen-bond acceptors (Lipinski definition) is 4. The van der Waals surface area contributed by atoms with Gasteiger partial charge in [0.2, 0.25) is 5.91 Å². The third kappa shape index (κ3) is 2.83. The van der Waals surface area contributed by atoms with Gasteiger partial charge in [0, 0.05) is 30.5 Å². The summed E-state index contributed by atoms with van der Waals surface area (Å²) in [5, 5.41) is 13.5. The highest BCUT2D eigenvalue weighted by Gasteiger charge is 2.25. The van der Waals surface area contributed by atoms with E-state index in [9.17, 15) is 4.79 Å². The molecule has 1 aliphatic rings. The van der Waals surface area contributed by atoms with Crippen molar-refractivity contribution >= 4 is 22.5 Å². The Morgan fingerprint density at radius 1 is 1.23 bits per heavy atom. The Labute approximate surface area is 153 Å². The second-order valence-corrected chi connectivity index (χ2v) is 7.47. The quantitative estimate of drug-likeness (QED) is 0.723. The van der Waals surface area contributed by atoms with Crippen LogP contribution in [0.3, 0.4) is 0 Å². The van der Waals surface area contributed by atoms with Gasteiger partial charge in [-0.3, -0.25) is 4.79 Å². The van der Waals surface area contributed by atoms with Gasteiger partial charge >= 0.3 is 0 Å². The molecule has 1 fully saturated rings. The van der Waals surface area contributed by atoms with E-state index in [0.717, 1.165) is 35.0 Å². The molecule has 3 aromatic rings. The molecule has 2 heterocycles. The molecular formula is C20H25N5O. The predicted molar refractivity (Wildman–Crippen MR) is 101 cm³/mol. The predicted octanol–water partition coefficient (Wildman–Crippen LogP) is 3.58. The van der Waals surface area contributed by atoms with Crippen molar-refractivity contribution in [1.29, 1.82) is 0 Å². The lowest BCUT2D eigenvalue weighted by atomic mass is 9.93. The lowest BCUT2D eigenvalue weighted by molar-refractivity contribution is -0.132. The summed E-state index contributed by atoms with van der Waals surface area (Å²) in [6, 6.07) is 6.71. The van der Waals surface area contributed by atoms with Crippen LogP contribution in [0.15, 0.2) is 18.2 Å². The average Bonchev–Trinajstić information content (AvgIpc) is 3.13. The summed E-state index contributed by atoms with van der Waals surface area (Å²) in [5.74, 6) is 0.128. The molecule has 0 aliphatic heterocycles. The van der Waals surface area contributed by atoms with Crippen molar-refractivity contribution in [1.82, 2.24) is 24.9 Å². The summed E-state index contributed by atoms with van der Waals surface area (Å²) in [7, 11) is 0. The molecule has 0 atom stereocenters. The number of hydrogen-bond donors (Lipinski definition) is 0. The Hall–Kier alpha value is -2.50. The first-order valence-corrected chi connectivity index (χ1v) is 9.43. The third-order valence-electron chi connectivity index (χ3n) is 5.79. The molecule has 1 aliphatic carbocycles. The van der Waals surface area contributed by atoms with E-state index in [1.54, 1.807) is 6.92 Å².